The highest BCUT2D eigenvalue weighted by atomic mass is 16.7. The molecule has 4 aliphatic rings. The van der Waals surface area contributed by atoms with E-state index < -0.39 is 0 Å². The third-order valence-corrected chi connectivity index (χ3v) is 7.91. The van der Waals surface area contributed by atoms with Gasteiger partial charge in [0.1, 0.15) is 5.75 Å². The Bertz CT molecular complexity index is 993. The molecule has 4 fully saturated rings. The summed E-state index contributed by atoms with van der Waals surface area (Å²) in [5, 5.41) is 0. The number of hydrogen-bond donors (Lipinski definition) is 0. The number of rotatable bonds is 9. The second kappa shape index (κ2) is 9.93. The zero-order chi connectivity index (χ0) is 23.5. The summed E-state index contributed by atoms with van der Waals surface area (Å²) in [4.78, 5) is 12.2. The van der Waals surface area contributed by atoms with E-state index in [9.17, 15) is 4.79 Å². The first kappa shape index (κ1) is 23.1. The van der Waals surface area contributed by atoms with E-state index in [0.29, 0.717) is 5.56 Å². The maximum atomic E-state index is 12.2. The monoisotopic (exact) mass is 462 g/mol. The van der Waals surface area contributed by atoms with Gasteiger partial charge in [-0.05, 0) is 98.5 Å². The normalized spacial score (nSPS) is 28.2. The van der Waals surface area contributed by atoms with E-state index in [1.165, 1.54) is 50.4 Å². The molecule has 4 saturated carbocycles. The fourth-order valence-corrected chi connectivity index (χ4v) is 6.72. The molecule has 0 aromatic heterocycles. The van der Waals surface area contributed by atoms with Crippen LogP contribution < -0.4 is 4.74 Å². The van der Waals surface area contributed by atoms with Gasteiger partial charge >= 0.3 is 5.97 Å². The molecule has 1 atom stereocenters. The van der Waals surface area contributed by atoms with Crippen LogP contribution in [0, 0.1) is 17.8 Å². The van der Waals surface area contributed by atoms with Gasteiger partial charge in [0, 0.05) is 12.7 Å². The Hall–Kier alpha value is -2.63. The highest BCUT2D eigenvalue weighted by molar-refractivity contribution is 5.89. The SMILES string of the molecule is COC(C)OCOc1cc(/C=C/OC(=O)c2ccccc2)ccc1C12CC3CC(CC(C3)C1)C2. The van der Waals surface area contributed by atoms with Crippen LogP contribution in [0.2, 0.25) is 0 Å². The fourth-order valence-electron chi connectivity index (χ4n) is 6.72. The molecular formula is C29H34O5. The first-order valence-corrected chi connectivity index (χ1v) is 12.4. The molecule has 4 aliphatic carbocycles. The van der Waals surface area contributed by atoms with Crippen molar-refractivity contribution in [3.63, 3.8) is 0 Å². The largest absolute Gasteiger partial charge is 0.467 e. The summed E-state index contributed by atoms with van der Waals surface area (Å²) in [5.74, 6) is 3.03. The predicted molar refractivity (Wildman–Crippen MR) is 130 cm³/mol. The van der Waals surface area contributed by atoms with Crippen molar-refractivity contribution in [1.82, 2.24) is 0 Å². The van der Waals surface area contributed by atoms with Crippen molar-refractivity contribution in [2.45, 2.75) is 57.2 Å². The molecule has 34 heavy (non-hydrogen) atoms. The summed E-state index contributed by atoms with van der Waals surface area (Å²) < 4.78 is 22.4. The van der Waals surface area contributed by atoms with Crippen molar-refractivity contribution in [2.24, 2.45) is 17.8 Å². The van der Waals surface area contributed by atoms with Crippen LogP contribution >= 0.6 is 0 Å². The minimum absolute atomic E-state index is 0.129. The van der Waals surface area contributed by atoms with Crippen LogP contribution in [0.15, 0.2) is 54.8 Å². The predicted octanol–water partition coefficient (Wildman–Crippen LogP) is 6.33. The minimum atomic E-state index is -0.375. The number of ether oxygens (including phenoxy) is 4. The molecule has 5 nitrogen and oxygen atoms in total. The first-order valence-electron chi connectivity index (χ1n) is 12.4. The highest BCUT2D eigenvalue weighted by Crippen LogP contribution is 2.61. The van der Waals surface area contributed by atoms with Crippen LogP contribution in [0.3, 0.4) is 0 Å². The average Bonchev–Trinajstić information content (AvgIpc) is 2.83. The molecule has 0 radical (unpaired) electrons. The molecule has 0 heterocycles. The van der Waals surface area contributed by atoms with Gasteiger partial charge < -0.3 is 18.9 Å². The smallest absolute Gasteiger partial charge is 0.342 e. The molecule has 6 rings (SSSR count). The van der Waals surface area contributed by atoms with E-state index in [0.717, 1.165) is 29.1 Å². The van der Waals surface area contributed by atoms with E-state index in [-0.39, 0.29) is 24.5 Å². The molecule has 180 valence electrons. The second-order valence-corrected chi connectivity index (χ2v) is 10.3. The molecule has 0 amide bonds. The zero-order valence-electron chi connectivity index (χ0n) is 20.1. The van der Waals surface area contributed by atoms with Crippen LogP contribution in [0.25, 0.3) is 6.08 Å². The lowest BCUT2D eigenvalue weighted by Crippen LogP contribution is -2.48. The maximum Gasteiger partial charge on any atom is 0.342 e. The Morgan fingerprint density at radius 3 is 2.35 bits per heavy atom. The minimum Gasteiger partial charge on any atom is -0.467 e. The van der Waals surface area contributed by atoms with Crippen molar-refractivity contribution in [3.8, 4) is 5.75 Å². The van der Waals surface area contributed by atoms with Crippen molar-refractivity contribution in [3.05, 3.63) is 71.5 Å². The summed E-state index contributed by atoms with van der Waals surface area (Å²) in [6, 6.07) is 15.4. The summed E-state index contributed by atoms with van der Waals surface area (Å²) in [6.45, 7) is 1.98. The van der Waals surface area contributed by atoms with Gasteiger partial charge in [0.15, 0.2) is 13.1 Å². The Morgan fingerprint density at radius 2 is 1.71 bits per heavy atom. The number of esters is 1. The van der Waals surface area contributed by atoms with Gasteiger partial charge in [-0.3, -0.25) is 0 Å². The van der Waals surface area contributed by atoms with Crippen LogP contribution in [-0.4, -0.2) is 26.2 Å². The molecule has 2 aromatic rings. The van der Waals surface area contributed by atoms with Gasteiger partial charge in [-0.25, -0.2) is 4.79 Å². The van der Waals surface area contributed by atoms with Gasteiger partial charge in [0.2, 0.25) is 0 Å². The summed E-state index contributed by atoms with van der Waals surface area (Å²) in [5.41, 5.74) is 2.96. The van der Waals surface area contributed by atoms with Crippen LogP contribution in [0.4, 0.5) is 0 Å². The van der Waals surface area contributed by atoms with E-state index >= 15 is 0 Å². The van der Waals surface area contributed by atoms with Crippen molar-refractivity contribution in [2.75, 3.05) is 13.9 Å². The number of hydrogen-bond acceptors (Lipinski definition) is 5. The Morgan fingerprint density at radius 1 is 1.03 bits per heavy atom. The number of methoxy groups -OCH3 is 1. The third-order valence-electron chi connectivity index (χ3n) is 7.91. The first-order chi connectivity index (χ1) is 16.5. The Labute approximate surface area is 202 Å². The molecule has 1 unspecified atom stereocenters. The number of carbonyl (C=O) groups is 1. The van der Waals surface area contributed by atoms with Crippen molar-refractivity contribution < 1.29 is 23.7 Å². The van der Waals surface area contributed by atoms with Crippen molar-refractivity contribution in [1.29, 1.82) is 0 Å². The standard InChI is InChI=1S/C29H34O5/c1-20(31-2)33-19-34-27-15-21(10-11-32-28(30)25-6-4-3-5-7-25)8-9-26(27)29-16-22-12-23(17-29)14-24(13-22)18-29/h3-11,15,20,22-24H,12-14,16-19H2,1-2H3/b11-10+. The van der Waals surface area contributed by atoms with Crippen LogP contribution in [0.5, 0.6) is 5.75 Å². The number of benzene rings is 2. The lowest BCUT2D eigenvalue weighted by atomic mass is 9.48. The summed E-state index contributed by atoms with van der Waals surface area (Å²) in [7, 11) is 1.62. The third kappa shape index (κ3) is 4.91. The molecular weight excluding hydrogens is 428 g/mol. The van der Waals surface area contributed by atoms with E-state index in [1.807, 2.05) is 31.2 Å². The molecule has 0 saturated heterocycles. The van der Waals surface area contributed by atoms with Gasteiger partial charge in [0.05, 0.1) is 11.8 Å². The van der Waals surface area contributed by atoms with Gasteiger partial charge in [-0.2, -0.15) is 0 Å². The second-order valence-electron chi connectivity index (χ2n) is 10.3. The zero-order valence-corrected chi connectivity index (χ0v) is 20.1. The average molecular weight is 463 g/mol. The Balaban J connectivity index is 1.36. The molecule has 5 heteroatoms. The molecule has 0 N–H and O–H groups in total. The topological polar surface area (TPSA) is 54.0 Å². The van der Waals surface area contributed by atoms with Crippen LogP contribution in [0.1, 0.15) is 66.9 Å². The molecule has 2 aromatic carbocycles. The molecule has 4 bridgehead atoms. The Kier molecular flexibility index (Phi) is 6.75. The van der Waals surface area contributed by atoms with Gasteiger partial charge in [-0.15, -0.1) is 0 Å². The van der Waals surface area contributed by atoms with Gasteiger partial charge in [0.25, 0.3) is 0 Å². The van der Waals surface area contributed by atoms with E-state index in [2.05, 4.69) is 12.1 Å². The van der Waals surface area contributed by atoms with E-state index in [1.54, 1.807) is 25.3 Å². The number of carbonyl (C=O) groups excluding carboxylic acids is 1. The van der Waals surface area contributed by atoms with E-state index in [4.69, 9.17) is 18.9 Å². The highest BCUT2D eigenvalue weighted by Gasteiger charge is 2.52. The lowest BCUT2D eigenvalue weighted by Gasteiger charge is -2.57. The quantitative estimate of drug-likeness (QED) is 0.248. The maximum absolute atomic E-state index is 12.2. The summed E-state index contributed by atoms with van der Waals surface area (Å²) in [6.07, 6.45) is 10.9. The molecule has 0 aliphatic heterocycles. The van der Waals surface area contributed by atoms with Crippen LogP contribution in [-0.2, 0) is 19.6 Å². The summed E-state index contributed by atoms with van der Waals surface area (Å²) >= 11 is 0. The van der Waals surface area contributed by atoms with Gasteiger partial charge in [-0.1, -0.05) is 30.3 Å². The molecule has 0 spiro atoms. The van der Waals surface area contributed by atoms with Crippen molar-refractivity contribution >= 4 is 12.0 Å². The fraction of sp³-hybridized carbons (Fsp3) is 0.483. The lowest BCUT2D eigenvalue weighted by molar-refractivity contribution is -0.150.